The van der Waals surface area contributed by atoms with E-state index in [1.54, 1.807) is 0 Å². The van der Waals surface area contributed by atoms with Gasteiger partial charge in [-0.15, -0.1) is 6.58 Å². The fraction of sp³-hybridized carbons (Fsp3) is 0.526. The van der Waals surface area contributed by atoms with E-state index in [2.05, 4.69) is 16.6 Å². The Labute approximate surface area is 144 Å². The highest BCUT2D eigenvalue weighted by Gasteiger charge is 2.25. The third-order valence-electron chi connectivity index (χ3n) is 3.78. The fourth-order valence-corrected chi connectivity index (χ4v) is 2.68. The van der Waals surface area contributed by atoms with E-state index in [9.17, 15) is 5.11 Å². The molecule has 0 aliphatic carbocycles. The lowest BCUT2D eigenvalue weighted by Gasteiger charge is -2.26. The highest BCUT2D eigenvalue weighted by molar-refractivity contribution is 6.01. The average Bonchev–Trinajstić information content (AvgIpc) is 3.02. The van der Waals surface area contributed by atoms with Gasteiger partial charge in [0.2, 0.25) is 0 Å². The van der Waals surface area contributed by atoms with Gasteiger partial charge in [-0.1, -0.05) is 41.6 Å². The van der Waals surface area contributed by atoms with Gasteiger partial charge in [0.15, 0.2) is 0 Å². The highest BCUT2D eigenvalue weighted by Crippen LogP contribution is 2.17. The zero-order chi connectivity index (χ0) is 17.4. The number of aliphatic hydroxyl groups excluding tert-OH is 1. The van der Waals surface area contributed by atoms with E-state index in [1.165, 1.54) is 0 Å². The average molecular weight is 332 g/mol. The van der Waals surface area contributed by atoms with Crippen LogP contribution in [0.2, 0.25) is 0 Å². The maximum Gasteiger partial charge on any atom is 0.145 e. The molecule has 1 heterocycles. The van der Waals surface area contributed by atoms with Crippen molar-refractivity contribution in [1.82, 2.24) is 4.90 Å². The SMILES string of the molecule is C=CCN(CC(O)COC(C)C)CC1CC(c2ccccc2)=NO1. The van der Waals surface area contributed by atoms with Crippen molar-refractivity contribution >= 4 is 5.71 Å². The molecule has 0 saturated heterocycles. The Bertz CT molecular complexity index is 531. The topological polar surface area (TPSA) is 54.3 Å². The van der Waals surface area contributed by atoms with Crippen LogP contribution in [0.5, 0.6) is 0 Å². The Balaban J connectivity index is 1.82. The number of hydrogen-bond donors (Lipinski definition) is 1. The molecular weight excluding hydrogens is 304 g/mol. The minimum Gasteiger partial charge on any atom is -0.390 e. The summed E-state index contributed by atoms with van der Waals surface area (Å²) in [6, 6.07) is 10.1. The van der Waals surface area contributed by atoms with Crippen LogP contribution in [-0.4, -0.2) is 60.3 Å². The van der Waals surface area contributed by atoms with Gasteiger partial charge in [0.1, 0.15) is 6.10 Å². The van der Waals surface area contributed by atoms with E-state index < -0.39 is 6.10 Å². The molecule has 5 heteroatoms. The van der Waals surface area contributed by atoms with Gasteiger partial charge >= 0.3 is 0 Å². The van der Waals surface area contributed by atoms with E-state index in [1.807, 2.05) is 50.3 Å². The van der Waals surface area contributed by atoms with Crippen LogP contribution in [0.1, 0.15) is 25.8 Å². The zero-order valence-corrected chi connectivity index (χ0v) is 14.6. The normalized spacial score (nSPS) is 18.5. The molecule has 1 aliphatic heterocycles. The number of benzene rings is 1. The van der Waals surface area contributed by atoms with Crippen LogP contribution in [-0.2, 0) is 9.57 Å². The van der Waals surface area contributed by atoms with Crippen molar-refractivity contribution in [2.75, 3.05) is 26.2 Å². The molecule has 1 aliphatic rings. The molecule has 2 atom stereocenters. The van der Waals surface area contributed by atoms with Gasteiger partial charge in [0.05, 0.1) is 24.5 Å². The first kappa shape index (κ1) is 18.6. The summed E-state index contributed by atoms with van der Waals surface area (Å²) in [5.74, 6) is 0. The van der Waals surface area contributed by atoms with Gasteiger partial charge in [-0.3, -0.25) is 4.90 Å². The predicted molar refractivity (Wildman–Crippen MR) is 96.2 cm³/mol. The van der Waals surface area contributed by atoms with Crippen molar-refractivity contribution in [3.05, 3.63) is 48.6 Å². The maximum atomic E-state index is 10.1. The second-order valence-electron chi connectivity index (χ2n) is 6.38. The van der Waals surface area contributed by atoms with E-state index >= 15 is 0 Å². The summed E-state index contributed by atoms with van der Waals surface area (Å²) >= 11 is 0. The van der Waals surface area contributed by atoms with Crippen LogP contribution in [0.25, 0.3) is 0 Å². The predicted octanol–water partition coefficient (Wildman–Crippen LogP) is 2.45. The fourth-order valence-electron chi connectivity index (χ4n) is 2.68. The first-order valence-corrected chi connectivity index (χ1v) is 8.49. The van der Waals surface area contributed by atoms with E-state index in [0.29, 0.717) is 26.2 Å². The van der Waals surface area contributed by atoms with Crippen LogP contribution < -0.4 is 0 Å². The van der Waals surface area contributed by atoms with Gasteiger partial charge in [-0.2, -0.15) is 0 Å². The standard InChI is InChI=1S/C19H28N2O3/c1-4-10-21(12-17(22)14-23-15(2)3)13-18-11-19(20-24-18)16-8-6-5-7-9-16/h4-9,15,17-18,22H,1,10-14H2,2-3H3. The second-order valence-corrected chi connectivity index (χ2v) is 6.38. The number of ether oxygens (including phenoxy) is 1. The minimum absolute atomic E-state index is 0.00151. The first-order chi connectivity index (χ1) is 11.6. The molecule has 2 rings (SSSR count). The van der Waals surface area contributed by atoms with Gasteiger partial charge in [-0.05, 0) is 19.4 Å². The van der Waals surface area contributed by atoms with Crippen LogP contribution in [0.15, 0.2) is 48.1 Å². The number of nitrogens with zero attached hydrogens (tertiary/aromatic N) is 2. The van der Waals surface area contributed by atoms with Crippen LogP contribution in [0, 0.1) is 0 Å². The van der Waals surface area contributed by atoms with E-state index in [-0.39, 0.29) is 12.2 Å². The monoisotopic (exact) mass is 332 g/mol. The first-order valence-electron chi connectivity index (χ1n) is 8.49. The van der Waals surface area contributed by atoms with Crippen molar-refractivity contribution in [3.8, 4) is 0 Å². The molecule has 24 heavy (non-hydrogen) atoms. The minimum atomic E-state index is -0.525. The van der Waals surface area contributed by atoms with E-state index in [4.69, 9.17) is 9.57 Å². The molecule has 0 spiro atoms. The zero-order valence-electron chi connectivity index (χ0n) is 14.6. The Morgan fingerprint density at radius 2 is 2.17 bits per heavy atom. The Morgan fingerprint density at radius 3 is 2.83 bits per heavy atom. The summed E-state index contributed by atoms with van der Waals surface area (Å²) in [5.41, 5.74) is 2.07. The van der Waals surface area contributed by atoms with Crippen molar-refractivity contribution in [2.45, 2.75) is 38.6 Å². The molecule has 0 radical (unpaired) electrons. The second kappa shape index (κ2) is 9.57. The Kier molecular flexibility index (Phi) is 7.43. The summed E-state index contributed by atoms with van der Waals surface area (Å²) in [4.78, 5) is 7.70. The maximum absolute atomic E-state index is 10.1. The Morgan fingerprint density at radius 1 is 1.42 bits per heavy atom. The number of oxime groups is 1. The highest BCUT2D eigenvalue weighted by atomic mass is 16.6. The van der Waals surface area contributed by atoms with Gasteiger partial charge < -0.3 is 14.7 Å². The summed E-state index contributed by atoms with van der Waals surface area (Å²) < 4.78 is 5.47. The summed E-state index contributed by atoms with van der Waals surface area (Å²) in [7, 11) is 0. The van der Waals surface area contributed by atoms with Gasteiger partial charge in [0.25, 0.3) is 0 Å². The lowest BCUT2D eigenvalue weighted by Crippen LogP contribution is -2.40. The van der Waals surface area contributed by atoms with Crippen LogP contribution in [0.4, 0.5) is 0 Å². The quantitative estimate of drug-likeness (QED) is 0.669. The molecule has 0 fully saturated rings. The molecule has 0 amide bonds. The summed E-state index contributed by atoms with van der Waals surface area (Å²) in [5, 5.41) is 14.3. The molecule has 1 N–H and O–H groups in total. The molecule has 2 unspecified atom stereocenters. The Hall–Kier alpha value is -1.69. The number of aliphatic hydroxyl groups is 1. The molecule has 132 valence electrons. The molecule has 1 aromatic carbocycles. The molecule has 0 bridgehead atoms. The van der Waals surface area contributed by atoms with Crippen LogP contribution >= 0.6 is 0 Å². The number of rotatable bonds is 10. The largest absolute Gasteiger partial charge is 0.390 e. The van der Waals surface area contributed by atoms with Gasteiger partial charge in [0, 0.05) is 26.1 Å². The third-order valence-corrected chi connectivity index (χ3v) is 3.78. The van der Waals surface area contributed by atoms with Crippen molar-refractivity contribution in [3.63, 3.8) is 0 Å². The van der Waals surface area contributed by atoms with Crippen molar-refractivity contribution in [2.24, 2.45) is 5.16 Å². The summed E-state index contributed by atoms with van der Waals surface area (Å²) in [6.45, 7) is 9.97. The lowest BCUT2D eigenvalue weighted by atomic mass is 10.0. The molecule has 0 saturated carbocycles. The molecule has 1 aromatic rings. The van der Waals surface area contributed by atoms with E-state index in [0.717, 1.165) is 17.7 Å². The van der Waals surface area contributed by atoms with Crippen molar-refractivity contribution < 1.29 is 14.7 Å². The molecule has 5 nitrogen and oxygen atoms in total. The van der Waals surface area contributed by atoms with Gasteiger partial charge in [-0.25, -0.2) is 0 Å². The van der Waals surface area contributed by atoms with Crippen molar-refractivity contribution in [1.29, 1.82) is 0 Å². The third kappa shape index (κ3) is 6.07. The lowest BCUT2D eigenvalue weighted by molar-refractivity contribution is -0.0158. The van der Waals surface area contributed by atoms with Crippen LogP contribution in [0.3, 0.4) is 0 Å². The molecule has 0 aromatic heterocycles. The smallest absolute Gasteiger partial charge is 0.145 e. The number of hydrogen-bond acceptors (Lipinski definition) is 5. The summed E-state index contributed by atoms with van der Waals surface area (Å²) in [6.07, 6.45) is 2.20. The molecular formula is C19H28N2O3.